The van der Waals surface area contributed by atoms with Gasteiger partial charge < -0.3 is 0 Å². The minimum absolute atomic E-state index is 0.379. The van der Waals surface area contributed by atoms with Crippen LogP contribution >= 0.6 is 0 Å². The second kappa shape index (κ2) is 4.79. The predicted octanol–water partition coefficient (Wildman–Crippen LogP) is 4.62. The summed E-state index contributed by atoms with van der Waals surface area (Å²) < 4.78 is 2.11. The minimum atomic E-state index is 0.379. The fourth-order valence-corrected chi connectivity index (χ4v) is 4.54. The van der Waals surface area contributed by atoms with E-state index in [0.717, 1.165) is 23.7 Å². The van der Waals surface area contributed by atoms with Crippen molar-refractivity contribution >= 4 is 0 Å². The second-order valence-corrected chi connectivity index (χ2v) is 7.69. The van der Waals surface area contributed by atoms with E-state index in [1.165, 1.54) is 23.4 Å². The first-order valence-corrected chi connectivity index (χ1v) is 8.75. The summed E-state index contributed by atoms with van der Waals surface area (Å²) in [4.78, 5) is 4.63. The Kier molecular flexibility index (Phi) is 2.79. The molecule has 0 spiro atoms. The maximum absolute atomic E-state index is 5.09. The van der Waals surface area contributed by atoms with Crippen molar-refractivity contribution in [2.45, 2.75) is 32.6 Å². The van der Waals surface area contributed by atoms with Crippen molar-refractivity contribution in [3.63, 3.8) is 0 Å². The van der Waals surface area contributed by atoms with Gasteiger partial charge in [-0.3, -0.25) is 4.98 Å². The number of benzene rings is 1. The normalized spacial score (nSPS) is 23.4. The van der Waals surface area contributed by atoms with Gasteiger partial charge >= 0.3 is 0 Å². The van der Waals surface area contributed by atoms with Crippen molar-refractivity contribution in [2.75, 3.05) is 0 Å². The Morgan fingerprint density at radius 2 is 1.83 bits per heavy atom. The lowest BCUT2D eigenvalue weighted by atomic mass is 9.48. The molecule has 0 N–H and O–H groups in total. The van der Waals surface area contributed by atoms with Crippen molar-refractivity contribution in [2.24, 2.45) is 11.3 Å². The van der Waals surface area contributed by atoms with E-state index in [4.69, 9.17) is 5.10 Å². The Labute approximate surface area is 142 Å². The molecule has 0 amide bonds. The first-order chi connectivity index (χ1) is 11.7. The molecule has 3 aliphatic rings. The summed E-state index contributed by atoms with van der Waals surface area (Å²) in [6, 6.07) is 16.6. The van der Waals surface area contributed by atoms with Gasteiger partial charge in [-0.25, -0.2) is 4.68 Å². The number of nitrogens with zero attached hydrogens (tertiary/aromatic N) is 3. The monoisotopic (exact) mass is 315 g/mol. The van der Waals surface area contributed by atoms with Crippen LogP contribution in [0, 0.1) is 11.3 Å². The molecule has 0 aliphatic heterocycles. The largest absolute Gasteiger partial charge is 0.255 e. The van der Waals surface area contributed by atoms with Crippen molar-refractivity contribution in [1.82, 2.24) is 14.8 Å². The van der Waals surface area contributed by atoms with Gasteiger partial charge in [-0.05, 0) is 48.4 Å². The van der Waals surface area contributed by atoms with E-state index in [0.29, 0.717) is 11.3 Å². The average Bonchev–Trinajstić information content (AvgIpc) is 3.02. The molecule has 3 aromatic rings. The Hall–Kier alpha value is -2.42. The van der Waals surface area contributed by atoms with Crippen molar-refractivity contribution < 1.29 is 0 Å². The third-order valence-corrected chi connectivity index (χ3v) is 6.17. The highest BCUT2D eigenvalue weighted by molar-refractivity contribution is 5.65. The van der Waals surface area contributed by atoms with Gasteiger partial charge in [0.15, 0.2) is 0 Å². The zero-order valence-electron chi connectivity index (χ0n) is 14.1. The standard InChI is InChI=1S/C21H21N3/c1-21(2)14-12-16-19(17(21)13-14)23-24(15-8-4-3-5-9-15)20(16)18-10-6-7-11-22-18/h3-11,14,17H,12-13H2,1-2H3. The second-order valence-electron chi connectivity index (χ2n) is 7.69. The summed E-state index contributed by atoms with van der Waals surface area (Å²) in [6.45, 7) is 4.80. The Morgan fingerprint density at radius 1 is 1.04 bits per heavy atom. The highest BCUT2D eigenvalue weighted by Crippen LogP contribution is 2.62. The van der Waals surface area contributed by atoms with E-state index >= 15 is 0 Å². The highest BCUT2D eigenvalue weighted by atomic mass is 15.3. The van der Waals surface area contributed by atoms with Crippen LogP contribution in [0.3, 0.4) is 0 Å². The zero-order valence-corrected chi connectivity index (χ0v) is 14.1. The lowest BCUT2D eigenvalue weighted by Gasteiger charge is -2.55. The fraction of sp³-hybridized carbons (Fsp3) is 0.333. The smallest absolute Gasteiger partial charge is 0.0960 e. The molecule has 2 atom stereocenters. The lowest BCUT2D eigenvalue weighted by Crippen LogP contribution is -2.48. The van der Waals surface area contributed by atoms with Gasteiger partial charge in [0.05, 0.1) is 22.8 Å². The van der Waals surface area contributed by atoms with Crippen LogP contribution in [0.15, 0.2) is 54.7 Å². The summed E-state index contributed by atoms with van der Waals surface area (Å²) in [5.41, 5.74) is 6.41. The lowest BCUT2D eigenvalue weighted by molar-refractivity contribution is 0.0163. The SMILES string of the molecule is CC1(C)C2Cc3c(nn(-c4ccccc4)c3-c3ccccn3)C1C2. The molecule has 0 radical (unpaired) electrons. The third-order valence-electron chi connectivity index (χ3n) is 6.17. The van der Waals surface area contributed by atoms with Gasteiger partial charge in [0.25, 0.3) is 0 Å². The topological polar surface area (TPSA) is 30.7 Å². The number of hydrogen-bond acceptors (Lipinski definition) is 2. The van der Waals surface area contributed by atoms with Gasteiger partial charge in [0.2, 0.25) is 0 Å². The van der Waals surface area contributed by atoms with Crippen LogP contribution < -0.4 is 0 Å². The maximum atomic E-state index is 5.09. The van der Waals surface area contributed by atoms with E-state index in [2.05, 4.69) is 59.9 Å². The zero-order chi connectivity index (χ0) is 16.3. The quantitative estimate of drug-likeness (QED) is 0.691. The molecule has 24 heavy (non-hydrogen) atoms. The fourth-order valence-electron chi connectivity index (χ4n) is 4.54. The molecule has 1 aromatic carbocycles. The van der Waals surface area contributed by atoms with Crippen molar-refractivity contribution in [1.29, 1.82) is 0 Å². The Morgan fingerprint density at radius 3 is 2.54 bits per heavy atom. The van der Waals surface area contributed by atoms with Crippen LogP contribution in [0.1, 0.15) is 37.4 Å². The van der Waals surface area contributed by atoms with Gasteiger partial charge in [-0.2, -0.15) is 5.10 Å². The van der Waals surface area contributed by atoms with E-state index in [1.54, 1.807) is 0 Å². The summed E-state index contributed by atoms with van der Waals surface area (Å²) in [7, 11) is 0. The molecule has 120 valence electrons. The molecule has 1 fully saturated rings. The molecule has 2 unspecified atom stereocenters. The van der Waals surface area contributed by atoms with E-state index in [-0.39, 0.29) is 0 Å². The van der Waals surface area contributed by atoms with Crippen molar-refractivity contribution in [3.05, 3.63) is 66.0 Å². The number of para-hydroxylation sites is 1. The van der Waals surface area contributed by atoms with Gasteiger partial charge in [-0.1, -0.05) is 38.1 Å². The van der Waals surface area contributed by atoms with Gasteiger partial charge in [0.1, 0.15) is 0 Å². The molecular formula is C21H21N3. The molecule has 2 heterocycles. The predicted molar refractivity (Wildman–Crippen MR) is 95.1 cm³/mol. The molecule has 3 aliphatic carbocycles. The molecule has 1 saturated carbocycles. The van der Waals surface area contributed by atoms with E-state index < -0.39 is 0 Å². The third kappa shape index (κ3) is 1.78. The molecule has 0 saturated heterocycles. The molecule has 3 nitrogen and oxygen atoms in total. The Balaban J connectivity index is 1.76. The van der Waals surface area contributed by atoms with E-state index in [1.807, 2.05) is 18.3 Å². The van der Waals surface area contributed by atoms with Crippen LogP contribution in [-0.2, 0) is 6.42 Å². The van der Waals surface area contributed by atoms with Gasteiger partial charge in [-0.15, -0.1) is 0 Å². The van der Waals surface area contributed by atoms with Gasteiger partial charge in [0, 0.05) is 17.7 Å². The summed E-state index contributed by atoms with van der Waals surface area (Å²) in [5, 5.41) is 5.09. The summed E-state index contributed by atoms with van der Waals surface area (Å²) >= 11 is 0. The highest BCUT2D eigenvalue weighted by Gasteiger charge is 2.54. The summed E-state index contributed by atoms with van der Waals surface area (Å²) in [5.74, 6) is 1.35. The molecular weight excluding hydrogens is 294 g/mol. The van der Waals surface area contributed by atoms with Crippen LogP contribution in [0.2, 0.25) is 0 Å². The van der Waals surface area contributed by atoms with Crippen LogP contribution in [0.4, 0.5) is 0 Å². The van der Waals surface area contributed by atoms with Crippen molar-refractivity contribution in [3.8, 4) is 17.1 Å². The minimum Gasteiger partial charge on any atom is -0.255 e. The number of rotatable bonds is 2. The number of pyridine rings is 1. The van der Waals surface area contributed by atoms with Crippen LogP contribution in [-0.4, -0.2) is 14.8 Å². The number of hydrogen-bond donors (Lipinski definition) is 0. The summed E-state index contributed by atoms with van der Waals surface area (Å²) in [6.07, 6.45) is 4.28. The Bertz CT molecular complexity index is 894. The average molecular weight is 315 g/mol. The van der Waals surface area contributed by atoms with E-state index in [9.17, 15) is 0 Å². The molecule has 2 aromatic heterocycles. The van der Waals surface area contributed by atoms with Crippen LogP contribution in [0.25, 0.3) is 17.1 Å². The molecule has 6 rings (SSSR count). The first-order valence-electron chi connectivity index (χ1n) is 8.75. The number of aromatic nitrogens is 3. The first kappa shape index (κ1) is 14.0. The van der Waals surface area contributed by atoms with Crippen LogP contribution in [0.5, 0.6) is 0 Å². The molecule has 2 bridgehead atoms. The maximum Gasteiger partial charge on any atom is 0.0960 e. The molecule has 3 heteroatoms.